The van der Waals surface area contributed by atoms with Crippen molar-refractivity contribution in [2.24, 2.45) is 0 Å². The highest BCUT2D eigenvalue weighted by Crippen LogP contribution is 2.03. The van der Waals surface area contributed by atoms with Crippen LogP contribution < -0.4 is 5.32 Å². The summed E-state index contributed by atoms with van der Waals surface area (Å²) in [6, 6.07) is 5.74. The van der Waals surface area contributed by atoms with Crippen molar-refractivity contribution in [3.8, 4) is 0 Å². The first kappa shape index (κ1) is 14.3. The second-order valence-corrected chi connectivity index (χ2v) is 4.84. The highest BCUT2D eigenvalue weighted by Gasteiger charge is 2.12. The molecule has 6 nitrogen and oxygen atoms in total. The van der Waals surface area contributed by atoms with Gasteiger partial charge in [0.05, 0.1) is 25.9 Å². The summed E-state index contributed by atoms with van der Waals surface area (Å²) in [7, 11) is 1.77. The largest absolute Gasteiger partial charge is 0.467 e. The van der Waals surface area contributed by atoms with E-state index in [1.165, 1.54) is 0 Å². The zero-order valence-corrected chi connectivity index (χ0v) is 11.8. The van der Waals surface area contributed by atoms with Crippen molar-refractivity contribution in [2.45, 2.75) is 26.1 Å². The van der Waals surface area contributed by atoms with E-state index in [-0.39, 0.29) is 11.9 Å². The van der Waals surface area contributed by atoms with Crippen LogP contribution in [0.2, 0.25) is 0 Å². The average molecular weight is 276 g/mol. The van der Waals surface area contributed by atoms with E-state index in [0.717, 1.165) is 12.3 Å². The molecule has 0 aliphatic carbocycles. The lowest BCUT2D eigenvalue weighted by atomic mass is 10.3. The van der Waals surface area contributed by atoms with Crippen molar-refractivity contribution in [3.63, 3.8) is 0 Å². The molecule has 0 aliphatic heterocycles. The second-order valence-electron chi connectivity index (χ2n) is 4.84. The molecule has 0 saturated carbocycles. The maximum Gasteiger partial charge on any atom is 0.236 e. The molecule has 2 heterocycles. The van der Waals surface area contributed by atoms with Crippen LogP contribution in [-0.4, -0.2) is 40.2 Å². The van der Waals surface area contributed by atoms with Crippen molar-refractivity contribution in [2.75, 3.05) is 13.6 Å². The summed E-state index contributed by atoms with van der Waals surface area (Å²) in [5.41, 5.74) is 0. The summed E-state index contributed by atoms with van der Waals surface area (Å²) >= 11 is 0. The number of amides is 1. The van der Waals surface area contributed by atoms with Crippen LogP contribution in [-0.2, 0) is 17.9 Å². The number of hydrogen-bond donors (Lipinski definition) is 1. The lowest BCUT2D eigenvalue weighted by Gasteiger charge is -2.18. The third kappa shape index (κ3) is 4.24. The Morgan fingerprint density at radius 1 is 1.55 bits per heavy atom. The molecule has 2 rings (SSSR count). The van der Waals surface area contributed by atoms with Gasteiger partial charge in [-0.1, -0.05) is 0 Å². The minimum Gasteiger partial charge on any atom is -0.467 e. The number of carbonyl (C=O) groups is 1. The monoisotopic (exact) mass is 276 g/mol. The van der Waals surface area contributed by atoms with Gasteiger partial charge in [-0.3, -0.25) is 9.48 Å². The number of hydrogen-bond acceptors (Lipinski definition) is 4. The van der Waals surface area contributed by atoms with E-state index in [1.807, 2.05) is 36.0 Å². The molecule has 0 fully saturated rings. The van der Waals surface area contributed by atoms with Gasteiger partial charge in [0.2, 0.25) is 5.91 Å². The molecule has 0 bridgehead atoms. The Labute approximate surface area is 118 Å². The molecule has 20 heavy (non-hydrogen) atoms. The molecular weight excluding hydrogens is 256 g/mol. The third-order valence-electron chi connectivity index (χ3n) is 3.02. The predicted molar refractivity (Wildman–Crippen MR) is 74.9 cm³/mol. The molecule has 0 spiro atoms. The number of likely N-dealkylation sites (N-methyl/N-ethyl adjacent to an activating group) is 1. The summed E-state index contributed by atoms with van der Waals surface area (Å²) in [5, 5.41) is 7.34. The van der Waals surface area contributed by atoms with Gasteiger partial charge < -0.3 is 14.6 Å². The Balaban J connectivity index is 1.71. The van der Waals surface area contributed by atoms with Crippen LogP contribution in [0, 0.1) is 0 Å². The fourth-order valence-corrected chi connectivity index (χ4v) is 1.87. The van der Waals surface area contributed by atoms with Crippen LogP contribution >= 0.6 is 0 Å². The van der Waals surface area contributed by atoms with Gasteiger partial charge in [-0.15, -0.1) is 0 Å². The van der Waals surface area contributed by atoms with Gasteiger partial charge in [-0.25, -0.2) is 0 Å². The fraction of sp³-hybridized carbons (Fsp3) is 0.429. The molecule has 6 heteroatoms. The molecule has 1 unspecified atom stereocenters. The molecule has 0 radical (unpaired) electrons. The smallest absolute Gasteiger partial charge is 0.236 e. The van der Waals surface area contributed by atoms with Crippen LogP contribution in [0.3, 0.4) is 0 Å². The van der Waals surface area contributed by atoms with Crippen molar-refractivity contribution < 1.29 is 9.21 Å². The first-order chi connectivity index (χ1) is 9.65. The van der Waals surface area contributed by atoms with E-state index in [1.54, 1.807) is 24.4 Å². The number of furan rings is 1. The quantitative estimate of drug-likeness (QED) is 0.823. The highest BCUT2D eigenvalue weighted by molar-refractivity contribution is 5.77. The molecule has 2 aromatic rings. The van der Waals surface area contributed by atoms with Crippen molar-refractivity contribution >= 4 is 5.91 Å². The van der Waals surface area contributed by atoms with Gasteiger partial charge in [0.1, 0.15) is 5.76 Å². The Kier molecular flexibility index (Phi) is 4.95. The molecule has 108 valence electrons. The molecule has 1 amide bonds. The number of carbonyl (C=O) groups excluding carboxylic acids is 1. The summed E-state index contributed by atoms with van der Waals surface area (Å²) in [5.74, 6) is 0.819. The number of nitrogens with one attached hydrogen (secondary N) is 1. The lowest BCUT2D eigenvalue weighted by molar-refractivity contribution is -0.129. The first-order valence-electron chi connectivity index (χ1n) is 6.62. The molecule has 1 N–H and O–H groups in total. The van der Waals surface area contributed by atoms with Gasteiger partial charge >= 0.3 is 0 Å². The van der Waals surface area contributed by atoms with Crippen LogP contribution in [0.25, 0.3) is 0 Å². The second kappa shape index (κ2) is 6.91. The van der Waals surface area contributed by atoms with Crippen molar-refractivity contribution in [3.05, 3.63) is 42.6 Å². The first-order valence-corrected chi connectivity index (χ1v) is 6.62. The summed E-state index contributed by atoms with van der Waals surface area (Å²) in [4.78, 5) is 13.6. The minimum absolute atomic E-state index is 0.0358. The van der Waals surface area contributed by atoms with Crippen LogP contribution in [0.1, 0.15) is 12.7 Å². The third-order valence-corrected chi connectivity index (χ3v) is 3.02. The van der Waals surface area contributed by atoms with Crippen LogP contribution in [0.15, 0.2) is 41.3 Å². The zero-order valence-electron chi connectivity index (χ0n) is 11.8. The topological polar surface area (TPSA) is 63.3 Å². The van der Waals surface area contributed by atoms with Gasteiger partial charge in [-0.05, 0) is 25.1 Å². The molecular formula is C14H20N4O2. The Bertz CT molecular complexity index is 507. The standard InChI is InChI=1S/C14H20N4O2/c1-12(10-18-7-4-6-16-18)15-9-14(19)17(2)11-13-5-3-8-20-13/h3-8,12,15H,9-11H2,1-2H3. The number of nitrogens with zero attached hydrogens (tertiary/aromatic N) is 3. The lowest BCUT2D eigenvalue weighted by Crippen LogP contribution is -2.40. The maximum atomic E-state index is 12.0. The Hall–Kier alpha value is -2.08. The van der Waals surface area contributed by atoms with Crippen molar-refractivity contribution in [1.82, 2.24) is 20.0 Å². The predicted octanol–water partition coefficient (Wildman–Crippen LogP) is 1.11. The van der Waals surface area contributed by atoms with E-state index < -0.39 is 0 Å². The van der Waals surface area contributed by atoms with E-state index in [9.17, 15) is 4.79 Å². The summed E-state index contributed by atoms with van der Waals surface area (Å²) in [6.07, 6.45) is 5.26. The number of aromatic nitrogens is 2. The Morgan fingerprint density at radius 2 is 2.40 bits per heavy atom. The van der Waals surface area contributed by atoms with E-state index in [0.29, 0.717) is 13.1 Å². The average Bonchev–Trinajstić information content (AvgIpc) is 3.09. The molecule has 1 atom stereocenters. The molecule has 0 aromatic carbocycles. The van der Waals surface area contributed by atoms with E-state index in [4.69, 9.17) is 4.42 Å². The van der Waals surface area contributed by atoms with E-state index in [2.05, 4.69) is 10.4 Å². The van der Waals surface area contributed by atoms with Crippen molar-refractivity contribution in [1.29, 1.82) is 0 Å². The molecule has 0 saturated heterocycles. The van der Waals surface area contributed by atoms with Gasteiger partial charge in [-0.2, -0.15) is 5.10 Å². The maximum absolute atomic E-state index is 12.0. The van der Waals surface area contributed by atoms with E-state index >= 15 is 0 Å². The molecule has 2 aromatic heterocycles. The number of rotatable bonds is 7. The minimum atomic E-state index is 0.0358. The zero-order chi connectivity index (χ0) is 14.4. The van der Waals surface area contributed by atoms with Crippen LogP contribution in [0.5, 0.6) is 0 Å². The van der Waals surface area contributed by atoms with Gasteiger partial charge in [0.25, 0.3) is 0 Å². The van der Waals surface area contributed by atoms with Gasteiger partial charge in [0.15, 0.2) is 0 Å². The fourth-order valence-electron chi connectivity index (χ4n) is 1.87. The highest BCUT2D eigenvalue weighted by atomic mass is 16.3. The summed E-state index contributed by atoms with van der Waals surface area (Å²) in [6.45, 7) is 3.56. The SMILES string of the molecule is CC(Cn1cccn1)NCC(=O)N(C)Cc1ccco1. The van der Waals surface area contributed by atoms with Crippen LogP contribution in [0.4, 0.5) is 0 Å². The Morgan fingerprint density at radius 3 is 3.05 bits per heavy atom. The van der Waals surface area contributed by atoms with Gasteiger partial charge in [0, 0.05) is 25.5 Å². The normalized spacial score (nSPS) is 12.3. The molecule has 0 aliphatic rings. The summed E-state index contributed by atoms with van der Waals surface area (Å²) < 4.78 is 7.07.